The highest BCUT2D eigenvalue weighted by atomic mass is 16.6. The van der Waals surface area contributed by atoms with E-state index in [-0.39, 0.29) is 5.41 Å². The highest BCUT2D eigenvalue weighted by Crippen LogP contribution is 2.52. The molecule has 0 unspecified atom stereocenters. The van der Waals surface area contributed by atoms with Gasteiger partial charge in [0.15, 0.2) is 23.0 Å². The van der Waals surface area contributed by atoms with Gasteiger partial charge in [0.2, 0.25) is 0 Å². The second kappa shape index (κ2) is 4.54. The molecule has 0 atom stereocenters. The van der Waals surface area contributed by atoms with Gasteiger partial charge in [0.25, 0.3) is 0 Å². The van der Waals surface area contributed by atoms with Crippen molar-refractivity contribution in [3.63, 3.8) is 0 Å². The Morgan fingerprint density at radius 3 is 2.04 bits per heavy atom. The molecule has 118 valence electrons. The van der Waals surface area contributed by atoms with Gasteiger partial charge in [0.05, 0.1) is 0 Å². The van der Waals surface area contributed by atoms with E-state index in [0.29, 0.717) is 0 Å². The lowest BCUT2D eigenvalue weighted by atomic mass is 9.74. The molecule has 2 heterocycles. The zero-order valence-corrected chi connectivity index (χ0v) is 13.6. The SMILES string of the molecule is CC1(C)c2ccccc2Nc2cc3c(cc21)Oc1ccccc1O3. The average Bonchev–Trinajstić information content (AvgIpc) is 2.59. The van der Waals surface area contributed by atoms with Gasteiger partial charge in [-0.1, -0.05) is 44.2 Å². The summed E-state index contributed by atoms with van der Waals surface area (Å²) in [5.74, 6) is 3.02. The van der Waals surface area contributed by atoms with Crippen LogP contribution in [0.1, 0.15) is 25.0 Å². The van der Waals surface area contributed by atoms with Crippen LogP contribution in [0.2, 0.25) is 0 Å². The van der Waals surface area contributed by atoms with E-state index in [9.17, 15) is 0 Å². The van der Waals surface area contributed by atoms with Gasteiger partial charge in [-0.25, -0.2) is 0 Å². The molecule has 2 aliphatic rings. The Labute approximate surface area is 140 Å². The maximum absolute atomic E-state index is 6.07. The summed E-state index contributed by atoms with van der Waals surface area (Å²) in [5, 5.41) is 3.53. The third-order valence-corrected chi connectivity index (χ3v) is 4.92. The predicted octanol–water partition coefficient (Wildman–Crippen LogP) is 5.97. The monoisotopic (exact) mass is 315 g/mol. The summed E-state index contributed by atoms with van der Waals surface area (Å²) in [5.41, 5.74) is 4.61. The molecule has 3 heteroatoms. The van der Waals surface area contributed by atoms with E-state index in [1.54, 1.807) is 0 Å². The molecule has 5 rings (SSSR count). The van der Waals surface area contributed by atoms with Crippen LogP contribution in [0.3, 0.4) is 0 Å². The number of benzene rings is 3. The molecule has 0 saturated carbocycles. The van der Waals surface area contributed by atoms with Gasteiger partial charge < -0.3 is 14.8 Å². The number of ether oxygens (including phenoxy) is 2. The highest BCUT2D eigenvalue weighted by Gasteiger charge is 2.34. The molecule has 0 saturated heterocycles. The average molecular weight is 315 g/mol. The van der Waals surface area contributed by atoms with Crippen molar-refractivity contribution in [3.05, 3.63) is 71.8 Å². The van der Waals surface area contributed by atoms with Crippen LogP contribution < -0.4 is 14.8 Å². The number of hydrogen-bond acceptors (Lipinski definition) is 3. The Hall–Kier alpha value is -2.94. The fraction of sp³-hybridized carbons (Fsp3) is 0.143. The second-order valence-electron chi connectivity index (χ2n) is 6.79. The number of para-hydroxylation sites is 3. The molecule has 3 aromatic rings. The topological polar surface area (TPSA) is 30.5 Å². The summed E-state index contributed by atoms with van der Waals surface area (Å²) in [6.07, 6.45) is 0. The van der Waals surface area contributed by atoms with Gasteiger partial charge in [-0.05, 0) is 35.4 Å². The van der Waals surface area contributed by atoms with Crippen molar-refractivity contribution >= 4 is 11.4 Å². The highest BCUT2D eigenvalue weighted by molar-refractivity contribution is 5.78. The van der Waals surface area contributed by atoms with Crippen LogP contribution in [0.5, 0.6) is 23.0 Å². The first-order valence-corrected chi connectivity index (χ1v) is 8.13. The minimum absolute atomic E-state index is 0.105. The molecule has 0 bridgehead atoms. The Kier molecular flexibility index (Phi) is 2.55. The van der Waals surface area contributed by atoms with E-state index in [0.717, 1.165) is 34.4 Å². The van der Waals surface area contributed by atoms with Crippen molar-refractivity contribution in [2.24, 2.45) is 0 Å². The van der Waals surface area contributed by atoms with Crippen molar-refractivity contribution in [1.29, 1.82) is 0 Å². The van der Waals surface area contributed by atoms with Crippen LogP contribution in [0, 0.1) is 0 Å². The molecule has 0 spiro atoms. The maximum atomic E-state index is 6.07. The van der Waals surface area contributed by atoms with Crippen LogP contribution in [-0.2, 0) is 5.41 Å². The molecule has 0 aromatic heterocycles. The van der Waals surface area contributed by atoms with E-state index in [4.69, 9.17) is 9.47 Å². The quantitative estimate of drug-likeness (QED) is 0.434. The molecular weight excluding hydrogens is 298 g/mol. The zero-order valence-electron chi connectivity index (χ0n) is 13.6. The fourth-order valence-corrected chi connectivity index (χ4v) is 3.62. The second-order valence-corrected chi connectivity index (χ2v) is 6.79. The lowest BCUT2D eigenvalue weighted by Gasteiger charge is -2.36. The van der Waals surface area contributed by atoms with Gasteiger partial charge in [-0.3, -0.25) is 0 Å². The molecule has 0 amide bonds. The van der Waals surface area contributed by atoms with Gasteiger partial charge >= 0.3 is 0 Å². The van der Waals surface area contributed by atoms with Crippen LogP contribution in [0.25, 0.3) is 0 Å². The minimum atomic E-state index is -0.105. The van der Waals surface area contributed by atoms with Gasteiger partial charge in [0, 0.05) is 22.9 Å². The lowest BCUT2D eigenvalue weighted by molar-refractivity contribution is 0.358. The Morgan fingerprint density at radius 2 is 1.29 bits per heavy atom. The largest absolute Gasteiger partial charge is 0.449 e. The third kappa shape index (κ3) is 1.78. The molecule has 0 aliphatic carbocycles. The summed E-state index contributed by atoms with van der Waals surface area (Å²) in [7, 11) is 0. The molecular formula is C21H17NO2. The van der Waals surface area contributed by atoms with E-state index in [1.165, 1.54) is 11.1 Å². The summed E-state index contributed by atoms with van der Waals surface area (Å²) in [4.78, 5) is 0. The van der Waals surface area contributed by atoms with Crippen LogP contribution >= 0.6 is 0 Å². The summed E-state index contributed by atoms with van der Waals surface area (Å²) >= 11 is 0. The lowest BCUT2D eigenvalue weighted by Crippen LogP contribution is -2.26. The summed E-state index contributed by atoms with van der Waals surface area (Å²) < 4.78 is 12.1. The summed E-state index contributed by atoms with van der Waals surface area (Å²) in [6, 6.07) is 20.3. The Morgan fingerprint density at radius 1 is 0.667 bits per heavy atom. The Balaban J connectivity index is 1.67. The summed E-state index contributed by atoms with van der Waals surface area (Å²) in [6.45, 7) is 4.49. The van der Waals surface area contributed by atoms with Crippen molar-refractivity contribution in [3.8, 4) is 23.0 Å². The fourth-order valence-electron chi connectivity index (χ4n) is 3.62. The number of fused-ring (bicyclic) bond motifs is 4. The van der Waals surface area contributed by atoms with E-state index in [2.05, 4.69) is 49.5 Å². The van der Waals surface area contributed by atoms with Gasteiger partial charge in [-0.2, -0.15) is 0 Å². The maximum Gasteiger partial charge on any atom is 0.172 e. The molecule has 0 radical (unpaired) electrons. The van der Waals surface area contributed by atoms with Gasteiger partial charge in [-0.15, -0.1) is 0 Å². The van der Waals surface area contributed by atoms with Crippen molar-refractivity contribution in [2.45, 2.75) is 19.3 Å². The van der Waals surface area contributed by atoms with Crippen molar-refractivity contribution < 1.29 is 9.47 Å². The first-order chi connectivity index (χ1) is 11.6. The Bertz CT molecular complexity index is 975. The zero-order chi connectivity index (χ0) is 16.3. The van der Waals surface area contributed by atoms with Crippen molar-refractivity contribution in [1.82, 2.24) is 0 Å². The van der Waals surface area contributed by atoms with E-state index >= 15 is 0 Å². The first kappa shape index (κ1) is 13.5. The number of rotatable bonds is 0. The van der Waals surface area contributed by atoms with Crippen molar-refractivity contribution in [2.75, 3.05) is 5.32 Å². The minimum Gasteiger partial charge on any atom is -0.449 e. The smallest absolute Gasteiger partial charge is 0.172 e. The van der Waals surface area contributed by atoms with E-state index in [1.807, 2.05) is 30.3 Å². The van der Waals surface area contributed by atoms with Crippen LogP contribution in [0.4, 0.5) is 11.4 Å². The molecule has 0 fully saturated rings. The molecule has 1 N–H and O–H groups in total. The number of anilines is 2. The standard InChI is InChI=1S/C21H17NO2/c1-21(2)13-7-3-4-8-15(13)22-16-12-20-19(11-14(16)21)23-17-9-5-6-10-18(17)24-20/h3-12,22H,1-2H3. The normalized spacial score (nSPS) is 15.6. The molecule has 3 aromatic carbocycles. The molecule has 24 heavy (non-hydrogen) atoms. The predicted molar refractivity (Wildman–Crippen MR) is 94.9 cm³/mol. The third-order valence-electron chi connectivity index (χ3n) is 4.92. The van der Waals surface area contributed by atoms with Crippen LogP contribution in [-0.4, -0.2) is 0 Å². The number of hydrogen-bond donors (Lipinski definition) is 1. The molecule has 2 aliphatic heterocycles. The van der Waals surface area contributed by atoms with Gasteiger partial charge in [0.1, 0.15) is 0 Å². The van der Waals surface area contributed by atoms with Crippen LogP contribution in [0.15, 0.2) is 60.7 Å². The van der Waals surface area contributed by atoms with E-state index < -0.39 is 0 Å². The number of nitrogens with one attached hydrogen (secondary N) is 1. The molecule has 3 nitrogen and oxygen atoms in total. The first-order valence-electron chi connectivity index (χ1n) is 8.13.